The number of nitrogens with one attached hydrogen (secondary N) is 2. The molecule has 0 unspecified atom stereocenters. The fourth-order valence-electron chi connectivity index (χ4n) is 2.39. The van der Waals surface area contributed by atoms with Crippen LogP contribution in [0.15, 0.2) is 48.2 Å². The Morgan fingerprint density at radius 3 is 2.64 bits per heavy atom. The molecule has 0 fully saturated rings. The van der Waals surface area contributed by atoms with Crippen molar-refractivity contribution < 1.29 is 4.79 Å². The molecule has 0 atom stereocenters. The van der Waals surface area contributed by atoms with E-state index >= 15 is 0 Å². The number of para-hydroxylation sites is 1. The summed E-state index contributed by atoms with van der Waals surface area (Å²) in [5, 5.41) is 15.6. The van der Waals surface area contributed by atoms with Crippen LogP contribution in [0.5, 0.6) is 0 Å². The van der Waals surface area contributed by atoms with Crippen LogP contribution in [0.1, 0.15) is 23.6 Å². The van der Waals surface area contributed by atoms with E-state index in [2.05, 4.69) is 17.6 Å². The zero-order chi connectivity index (χ0) is 18.4. The molecule has 128 valence electrons. The predicted molar refractivity (Wildman–Crippen MR) is 103 cm³/mol. The van der Waals surface area contributed by atoms with Crippen molar-refractivity contribution in [2.45, 2.75) is 27.2 Å². The summed E-state index contributed by atoms with van der Waals surface area (Å²) in [5.74, 6) is -0.485. The summed E-state index contributed by atoms with van der Waals surface area (Å²) in [4.78, 5) is 12.3. The van der Waals surface area contributed by atoms with Crippen molar-refractivity contribution in [1.29, 1.82) is 5.26 Å². The molecule has 4 nitrogen and oxygen atoms in total. The lowest BCUT2D eigenvalue weighted by molar-refractivity contribution is -0.112. The molecule has 1 amide bonds. The number of amides is 1. The Bertz CT molecular complexity index is 866. The highest BCUT2D eigenvalue weighted by Gasteiger charge is 2.11. The molecule has 0 radical (unpaired) electrons. The average Bonchev–Trinajstić information content (AvgIpc) is 2.59. The first-order chi connectivity index (χ1) is 12.0. The van der Waals surface area contributed by atoms with Gasteiger partial charge >= 0.3 is 0 Å². The highest BCUT2D eigenvalue weighted by molar-refractivity contribution is 6.31. The maximum Gasteiger partial charge on any atom is 0.267 e. The molecule has 0 heterocycles. The predicted octanol–water partition coefficient (Wildman–Crippen LogP) is 4.98. The number of hydrogen-bond donors (Lipinski definition) is 2. The van der Waals surface area contributed by atoms with Gasteiger partial charge in [0, 0.05) is 22.6 Å². The van der Waals surface area contributed by atoms with Crippen molar-refractivity contribution >= 4 is 28.9 Å². The fourth-order valence-corrected chi connectivity index (χ4v) is 2.57. The van der Waals surface area contributed by atoms with Gasteiger partial charge in [0.05, 0.1) is 0 Å². The molecule has 2 aromatic carbocycles. The third-order valence-corrected chi connectivity index (χ3v) is 4.30. The molecule has 0 aliphatic heterocycles. The van der Waals surface area contributed by atoms with E-state index in [0.717, 1.165) is 28.8 Å². The number of anilines is 2. The second-order valence-electron chi connectivity index (χ2n) is 5.69. The number of carbonyl (C=O) groups is 1. The van der Waals surface area contributed by atoms with Crippen molar-refractivity contribution in [2.24, 2.45) is 0 Å². The van der Waals surface area contributed by atoms with E-state index < -0.39 is 5.91 Å². The molecule has 0 aliphatic rings. The first kappa shape index (κ1) is 18.6. The normalized spacial score (nSPS) is 10.9. The number of halogens is 1. The van der Waals surface area contributed by atoms with Crippen LogP contribution in [0.25, 0.3) is 0 Å². The number of hydrogen-bond acceptors (Lipinski definition) is 3. The molecule has 5 heteroatoms. The summed E-state index contributed by atoms with van der Waals surface area (Å²) in [6.45, 7) is 5.92. The molecule has 0 saturated heterocycles. The Kier molecular flexibility index (Phi) is 6.21. The Morgan fingerprint density at radius 1 is 1.24 bits per heavy atom. The third kappa shape index (κ3) is 4.62. The molecular formula is C20H20ClN3O. The van der Waals surface area contributed by atoms with Crippen molar-refractivity contribution in [3.63, 3.8) is 0 Å². The largest absolute Gasteiger partial charge is 0.360 e. The summed E-state index contributed by atoms with van der Waals surface area (Å²) >= 11 is 6.06. The maximum absolute atomic E-state index is 12.3. The maximum atomic E-state index is 12.3. The van der Waals surface area contributed by atoms with Crippen LogP contribution < -0.4 is 10.6 Å². The van der Waals surface area contributed by atoms with Gasteiger partial charge in [0.2, 0.25) is 0 Å². The van der Waals surface area contributed by atoms with Gasteiger partial charge in [-0.3, -0.25) is 4.79 Å². The lowest BCUT2D eigenvalue weighted by Gasteiger charge is -2.11. The number of nitriles is 1. The smallest absolute Gasteiger partial charge is 0.267 e. The van der Waals surface area contributed by atoms with Gasteiger partial charge in [-0.2, -0.15) is 5.26 Å². The quantitative estimate of drug-likeness (QED) is 0.588. The molecule has 25 heavy (non-hydrogen) atoms. The second-order valence-corrected chi connectivity index (χ2v) is 6.10. The van der Waals surface area contributed by atoms with Crippen LogP contribution in [-0.2, 0) is 11.2 Å². The average molecular weight is 354 g/mol. The van der Waals surface area contributed by atoms with E-state index in [1.165, 1.54) is 6.20 Å². The van der Waals surface area contributed by atoms with Crippen LogP contribution in [0.4, 0.5) is 11.4 Å². The SMILES string of the molecule is CCc1cccc(C)c1N/C=C(/C#N)C(=O)Nc1ccc(C)c(Cl)c1. The van der Waals surface area contributed by atoms with E-state index in [1.54, 1.807) is 12.1 Å². The van der Waals surface area contributed by atoms with Gasteiger partial charge in [-0.1, -0.05) is 42.8 Å². The zero-order valence-corrected chi connectivity index (χ0v) is 15.2. The van der Waals surface area contributed by atoms with Crippen LogP contribution in [0, 0.1) is 25.2 Å². The molecule has 0 saturated carbocycles. The number of benzene rings is 2. The number of aryl methyl sites for hydroxylation is 3. The lowest BCUT2D eigenvalue weighted by Crippen LogP contribution is -2.14. The van der Waals surface area contributed by atoms with Crippen molar-refractivity contribution in [2.75, 3.05) is 10.6 Å². The van der Waals surface area contributed by atoms with E-state index in [-0.39, 0.29) is 5.57 Å². The molecule has 0 spiro atoms. The van der Waals surface area contributed by atoms with Gasteiger partial charge < -0.3 is 10.6 Å². The molecule has 2 rings (SSSR count). The van der Waals surface area contributed by atoms with Crippen LogP contribution >= 0.6 is 11.6 Å². The van der Waals surface area contributed by atoms with Gasteiger partial charge in [0.1, 0.15) is 11.6 Å². The minimum absolute atomic E-state index is 0.0120. The minimum atomic E-state index is -0.485. The zero-order valence-electron chi connectivity index (χ0n) is 14.5. The summed E-state index contributed by atoms with van der Waals surface area (Å²) in [6, 6.07) is 13.1. The minimum Gasteiger partial charge on any atom is -0.360 e. The first-order valence-corrected chi connectivity index (χ1v) is 8.36. The van der Waals surface area contributed by atoms with Crippen LogP contribution in [0.3, 0.4) is 0 Å². The summed E-state index contributed by atoms with van der Waals surface area (Å²) in [5.41, 5.74) is 4.56. The molecule has 2 N–H and O–H groups in total. The summed E-state index contributed by atoms with van der Waals surface area (Å²) in [7, 11) is 0. The lowest BCUT2D eigenvalue weighted by atomic mass is 10.1. The molecular weight excluding hydrogens is 334 g/mol. The highest BCUT2D eigenvalue weighted by atomic mass is 35.5. The van der Waals surface area contributed by atoms with Gasteiger partial charge in [0.15, 0.2) is 0 Å². The molecule has 0 bridgehead atoms. The van der Waals surface area contributed by atoms with E-state index in [1.807, 2.05) is 44.2 Å². The molecule has 0 aliphatic carbocycles. The summed E-state index contributed by atoms with van der Waals surface area (Å²) in [6.07, 6.45) is 2.29. The molecule has 2 aromatic rings. The molecule has 0 aromatic heterocycles. The van der Waals surface area contributed by atoms with Gasteiger partial charge in [-0.25, -0.2) is 0 Å². The van der Waals surface area contributed by atoms with Crippen LogP contribution in [-0.4, -0.2) is 5.91 Å². The van der Waals surface area contributed by atoms with Crippen molar-refractivity contribution in [1.82, 2.24) is 0 Å². The van der Waals surface area contributed by atoms with Crippen molar-refractivity contribution in [3.05, 3.63) is 69.9 Å². The Morgan fingerprint density at radius 2 is 2.00 bits per heavy atom. The Labute approximate surface area is 153 Å². The standard InChI is InChI=1S/C20H20ClN3O/c1-4-15-7-5-6-14(3)19(15)23-12-16(11-22)20(25)24-17-9-8-13(2)18(21)10-17/h5-10,12,23H,4H2,1-3H3,(H,24,25)/b16-12-. The van der Waals surface area contributed by atoms with E-state index in [0.29, 0.717) is 10.7 Å². The number of carbonyl (C=O) groups excluding carboxylic acids is 1. The number of rotatable bonds is 5. The van der Waals surface area contributed by atoms with Crippen molar-refractivity contribution in [3.8, 4) is 6.07 Å². The van der Waals surface area contributed by atoms with E-state index in [4.69, 9.17) is 11.6 Å². The van der Waals surface area contributed by atoms with Gasteiger partial charge in [-0.05, 0) is 49.1 Å². The van der Waals surface area contributed by atoms with Crippen LogP contribution in [0.2, 0.25) is 5.02 Å². The first-order valence-electron chi connectivity index (χ1n) is 7.99. The number of nitrogens with zero attached hydrogens (tertiary/aromatic N) is 1. The topological polar surface area (TPSA) is 64.9 Å². The second kappa shape index (κ2) is 8.36. The third-order valence-electron chi connectivity index (χ3n) is 3.90. The fraction of sp³-hybridized carbons (Fsp3) is 0.200. The highest BCUT2D eigenvalue weighted by Crippen LogP contribution is 2.22. The van der Waals surface area contributed by atoms with Gasteiger partial charge in [-0.15, -0.1) is 0 Å². The van der Waals surface area contributed by atoms with Gasteiger partial charge in [0.25, 0.3) is 5.91 Å². The Hall–Kier alpha value is -2.77. The monoisotopic (exact) mass is 353 g/mol. The van der Waals surface area contributed by atoms with E-state index in [9.17, 15) is 10.1 Å². The Balaban J connectivity index is 2.19. The summed E-state index contributed by atoms with van der Waals surface area (Å²) < 4.78 is 0.